The van der Waals surface area contributed by atoms with Crippen LogP contribution in [-0.2, 0) is 17.6 Å². The molecule has 0 amide bonds. The topological polar surface area (TPSA) is 92.8 Å². The first-order valence-corrected chi connectivity index (χ1v) is 13.0. The van der Waals surface area contributed by atoms with Crippen LogP contribution in [0.25, 0.3) is 0 Å². The van der Waals surface area contributed by atoms with E-state index in [0.29, 0.717) is 66.8 Å². The van der Waals surface area contributed by atoms with Crippen molar-refractivity contribution < 1.29 is 19.2 Å². The van der Waals surface area contributed by atoms with E-state index in [1.54, 1.807) is 0 Å². The molecule has 0 radical (unpaired) electrons. The summed E-state index contributed by atoms with van der Waals surface area (Å²) in [4.78, 5) is 31.1. The fourth-order valence-electron chi connectivity index (χ4n) is 5.56. The number of ketones is 2. The number of hydrogen-bond acceptors (Lipinski definition) is 6. The Morgan fingerprint density at radius 2 is 1.51 bits per heavy atom. The van der Waals surface area contributed by atoms with Gasteiger partial charge < -0.3 is 9.63 Å². The molecule has 1 aromatic heterocycles. The van der Waals surface area contributed by atoms with Crippen molar-refractivity contribution in [3.8, 4) is 0 Å². The number of Topliss-reactive ketones (excluding diaryl/α,β-unsaturated/α-hetero) is 2. The first-order valence-electron chi connectivity index (χ1n) is 13.0. The fourth-order valence-corrected chi connectivity index (χ4v) is 5.56. The van der Waals surface area contributed by atoms with Crippen molar-refractivity contribution in [3.63, 3.8) is 0 Å². The fraction of sp³-hybridized carbons (Fsp3) is 0.355. The molecular weight excluding hydrogens is 464 g/mol. The second-order valence-electron chi connectivity index (χ2n) is 10.3. The van der Waals surface area contributed by atoms with Crippen LogP contribution in [0.3, 0.4) is 0 Å². The summed E-state index contributed by atoms with van der Waals surface area (Å²) in [5, 5.41) is 15.2. The zero-order chi connectivity index (χ0) is 25.9. The van der Waals surface area contributed by atoms with Gasteiger partial charge in [0.15, 0.2) is 11.6 Å². The monoisotopic (exact) mass is 496 g/mol. The normalized spacial score (nSPS) is 20.5. The zero-order valence-corrected chi connectivity index (χ0v) is 21.3. The second kappa shape index (κ2) is 10.7. The molecule has 6 nitrogen and oxygen atoms in total. The van der Waals surface area contributed by atoms with Gasteiger partial charge in [0, 0.05) is 37.4 Å². The SMILES string of the molecule is CC(C)N=C(CCc1noc2c1C(=O)CC(c1ccccc1)C2)C1=C(O)CC(c2ccccc2)CC1=O. The number of carbonyl (C=O) groups excluding carboxylic acids is 2. The van der Waals surface area contributed by atoms with Crippen LogP contribution in [0, 0.1) is 0 Å². The average Bonchev–Trinajstić information content (AvgIpc) is 3.31. The number of nitrogens with zero attached hydrogens (tertiary/aromatic N) is 2. The number of hydrogen-bond donors (Lipinski definition) is 1. The number of aliphatic imine (C=N–C) groups is 1. The number of aliphatic hydroxyl groups is 1. The first kappa shape index (κ1) is 24.9. The number of aryl methyl sites for hydroxylation is 1. The number of aliphatic hydroxyl groups excluding tert-OH is 1. The van der Waals surface area contributed by atoms with Gasteiger partial charge in [0.2, 0.25) is 0 Å². The highest BCUT2D eigenvalue weighted by atomic mass is 16.5. The minimum atomic E-state index is -0.0963. The maximum Gasteiger partial charge on any atom is 0.168 e. The van der Waals surface area contributed by atoms with Crippen molar-refractivity contribution in [1.82, 2.24) is 5.16 Å². The van der Waals surface area contributed by atoms with Gasteiger partial charge in [0.05, 0.1) is 16.8 Å². The van der Waals surface area contributed by atoms with E-state index >= 15 is 0 Å². The van der Waals surface area contributed by atoms with E-state index in [1.165, 1.54) is 0 Å². The Morgan fingerprint density at radius 1 is 0.919 bits per heavy atom. The molecule has 37 heavy (non-hydrogen) atoms. The number of benzene rings is 2. The number of aromatic nitrogens is 1. The smallest absolute Gasteiger partial charge is 0.168 e. The number of carbonyl (C=O) groups is 2. The summed E-state index contributed by atoms with van der Waals surface area (Å²) in [6.45, 7) is 3.89. The number of rotatable bonds is 7. The molecule has 0 fully saturated rings. The van der Waals surface area contributed by atoms with Gasteiger partial charge in [-0.2, -0.15) is 0 Å². The lowest BCUT2D eigenvalue weighted by Crippen LogP contribution is -2.25. The van der Waals surface area contributed by atoms with E-state index in [2.05, 4.69) is 5.16 Å². The van der Waals surface area contributed by atoms with Gasteiger partial charge in [-0.25, -0.2) is 0 Å². The lowest BCUT2D eigenvalue weighted by Gasteiger charge is -2.25. The van der Waals surface area contributed by atoms with Gasteiger partial charge >= 0.3 is 0 Å². The third-order valence-electron chi connectivity index (χ3n) is 7.26. The van der Waals surface area contributed by atoms with E-state index in [1.807, 2.05) is 74.5 Å². The van der Waals surface area contributed by atoms with Gasteiger partial charge in [-0.3, -0.25) is 14.6 Å². The standard InChI is InChI=1S/C31H32N2O4/c1-19(2)32-24(30-26(34)15-22(16-27(30)35)20-9-5-3-6-10-20)13-14-25-31-28(36)17-23(18-29(31)37-33-25)21-11-7-4-8-12-21/h3-12,19,22-23,34H,13-18H2,1-2H3. The van der Waals surface area contributed by atoms with E-state index in [9.17, 15) is 14.7 Å². The van der Waals surface area contributed by atoms with Crippen molar-refractivity contribution in [2.75, 3.05) is 0 Å². The third kappa shape index (κ3) is 5.33. The molecule has 3 aromatic rings. The molecule has 2 aliphatic rings. The van der Waals surface area contributed by atoms with Crippen LogP contribution < -0.4 is 0 Å². The second-order valence-corrected chi connectivity index (χ2v) is 10.3. The summed E-state index contributed by atoms with van der Waals surface area (Å²) in [5.41, 5.74) is 4.25. The summed E-state index contributed by atoms with van der Waals surface area (Å²) in [5.74, 6) is 0.698. The maximum absolute atomic E-state index is 13.2. The molecule has 0 aliphatic heterocycles. The molecular formula is C31H32N2O4. The Morgan fingerprint density at radius 3 is 2.11 bits per heavy atom. The maximum atomic E-state index is 13.2. The summed E-state index contributed by atoms with van der Waals surface area (Å²) < 4.78 is 5.63. The molecule has 0 bridgehead atoms. The summed E-state index contributed by atoms with van der Waals surface area (Å²) in [7, 11) is 0. The Balaban J connectivity index is 1.35. The molecule has 5 rings (SSSR count). The molecule has 1 heterocycles. The van der Waals surface area contributed by atoms with Gasteiger partial charge in [-0.15, -0.1) is 0 Å². The Kier molecular flexibility index (Phi) is 7.17. The Labute approximate surface area is 217 Å². The van der Waals surface area contributed by atoms with E-state index in [-0.39, 0.29) is 35.2 Å². The average molecular weight is 497 g/mol. The molecule has 2 unspecified atom stereocenters. The largest absolute Gasteiger partial charge is 0.511 e. The van der Waals surface area contributed by atoms with Crippen molar-refractivity contribution in [2.24, 2.45) is 4.99 Å². The van der Waals surface area contributed by atoms with E-state index in [4.69, 9.17) is 9.52 Å². The molecule has 6 heteroatoms. The van der Waals surface area contributed by atoms with Gasteiger partial charge in [-0.05, 0) is 49.7 Å². The predicted molar refractivity (Wildman–Crippen MR) is 142 cm³/mol. The minimum Gasteiger partial charge on any atom is -0.511 e. The Bertz CT molecular complexity index is 1350. The zero-order valence-electron chi connectivity index (χ0n) is 21.3. The number of allylic oxidation sites excluding steroid dienone is 2. The third-order valence-corrected chi connectivity index (χ3v) is 7.26. The first-order chi connectivity index (χ1) is 17.9. The van der Waals surface area contributed by atoms with Crippen LogP contribution in [-0.4, -0.2) is 33.6 Å². The highest BCUT2D eigenvalue weighted by Gasteiger charge is 2.34. The molecule has 0 saturated carbocycles. The molecule has 2 aliphatic carbocycles. The molecule has 2 atom stereocenters. The van der Waals surface area contributed by atoms with Crippen molar-refractivity contribution >= 4 is 17.3 Å². The van der Waals surface area contributed by atoms with E-state index < -0.39 is 0 Å². The minimum absolute atomic E-state index is 0.0372. The van der Waals surface area contributed by atoms with Crippen molar-refractivity contribution in [3.05, 3.63) is 100 Å². The van der Waals surface area contributed by atoms with Crippen LogP contribution >= 0.6 is 0 Å². The van der Waals surface area contributed by atoms with Crippen LogP contribution in [0.15, 0.2) is 81.5 Å². The van der Waals surface area contributed by atoms with Crippen LogP contribution in [0.2, 0.25) is 0 Å². The molecule has 0 saturated heterocycles. The molecule has 190 valence electrons. The summed E-state index contributed by atoms with van der Waals surface area (Å²) in [6.07, 6.45) is 2.60. The lowest BCUT2D eigenvalue weighted by atomic mass is 9.80. The Hall–Kier alpha value is -3.80. The van der Waals surface area contributed by atoms with E-state index in [0.717, 1.165) is 11.1 Å². The summed E-state index contributed by atoms with van der Waals surface area (Å²) in [6, 6.07) is 19.8. The predicted octanol–water partition coefficient (Wildman–Crippen LogP) is 6.33. The van der Waals surface area contributed by atoms with Crippen molar-refractivity contribution in [1.29, 1.82) is 0 Å². The van der Waals surface area contributed by atoms with Gasteiger partial charge in [-0.1, -0.05) is 65.8 Å². The van der Waals surface area contributed by atoms with Gasteiger partial charge in [0.1, 0.15) is 11.5 Å². The molecule has 2 aromatic carbocycles. The lowest BCUT2D eigenvalue weighted by molar-refractivity contribution is -0.116. The highest BCUT2D eigenvalue weighted by molar-refractivity contribution is 6.23. The summed E-state index contributed by atoms with van der Waals surface area (Å²) >= 11 is 0. The number of fused-ring (bicyclic) bond motifs is 1. The van der Waals surface area contributed by atoms with Crippen molar-refractivity contribution in [2.45, 2.75) is 70.3 Å². The quantitative estimate of drug-likeness (QED) is 0.386. The van der Waals surface area contributed by atoms with Crippen LogP contribution in [0.5, 0.6) is 0 Å². The van der Waals surface area contributed by atoms with Crippen LogP contribution in [0.1, 0.15) is 84.3 Å². The van der Waals surface area contributed by atoms with Crippen LogP contribution in [0.4, 0.5) is 0 Å². The molecule has 1 N–H and O–H groups in total. The van der Waals surface area contributed by atoms with Gasteiger partial charge in [0.25, 0.3) is 0 Å². The molecule has 0 spiro atoms. The highest BCUT2D eigenvalue weighted by Crippen LogP contribution is 2.36.